The van der Waals surface area contributed by atoms with Gasteiger partial charge in [-0.3, -0.25) is 9.69 Å². The van der Waals surface area contributed by atoms with Crippen LogP contribution in [0, 0.1) is 0 Å². The molecule has 1 amide bonds. The number of carbonyl (C=O) groups is 1. The minimum Gasteiger partial charge on any atom is -0.368 e. The number of piperidine rings is 1. The van der Waals surface area contributed by atoms with Gasteiger partial charge in [0.15, 0.2) is 0 Å². The van der Waals surface area contributed by atoms with Gasteiger partial charge in [-0.15, -0.1) is 0 Å². The lowest BCUT2D eigenvalue weighted by atomic mass is 10.0. The molecule has 0 aliphatic carbocycles. The Morgan fingerprint density at radius 1 is 1.11 bits per heavy atom. The van der Waals surface area contributed by atoms with Crippen molar-refractivity contribution in [1.29, 1.82) is 0 Å². The summed E-state index contributed by atoms with van der Waals surface area (Å²) in [5, 5.41) is 0. The van der Waals surface area contributed by atoms with Gasteiger partial charge in [-0.05, 0) is 45.2 Å². The topological polar surface area (TPSA) is 58.8 Å². The maximum absolute atomic E-state index is 12.3. The van der Waals surface area contributed by atoms with Gasteiger partial charge in [-0.1, -0.05) is 0 Å². The molecule has 5 nitrogen and oxygen atoms in total. The van der Waals surface area contributed by atoms with Gasteiger partial charge in [0.25, 0.3) is 5.91 Å². The van der Waals surface area contributed by atoms with Gasteiger partial charge in [0.1, 0.15) is 6.10 Å². The molecule has 1 unspecified atom stereocenters. The average molecular weight is 267 g/mol. The molecule has 3 aliphatic rings. The summed E-state index contributed by atoms with van der Waals surface area (Å²) in [6.07, 6.45) is 5.06. The monoisotopic (exact) mass is 267 g/mol. The van der Waals surface area contributed by atoms with Crippen LogP contribution >= 0.6 is 0 Å². The fourth-order valence-corrected chi connectivity index (χ4v) is 3.50. The van der Waals surface area contributed by atoms with Crippen LogP contribution in [0.4, 0.5) is 0 Å². The van der Waals surface area contributed by atoms with Crippen molar-refractivity contribution >= 4 is 5.91 Å². The third-order valence-corrected chi connectivity index (χ3v) is 4.77. The lowest BCUT2D eigenvalue weighted by Crippen LogP contribution is -2.47. The molecule has 3 aliphatic heterocycles. The van der Waals surface area contributed by atoms with Gasteiger partial charge in [0.2, 0.25) is 0 Å². The van der Waals surface area contributed by atoms with E-state index in [0.717, 1.165) is 64.9 Å². The standard InChI is InChI=1S/C14H25N3O2/c15-11-3-6-16(7-4-11)12-5-8-17(10-12)14(18)13-2-1-9-19-13/h11-13H,1-10,15H2/t12?,13-/m1/s1. The van der Waals surface area contributed by atoms with Crippen LogP contribution in [0.25, 0.3) is 0 Å². The Bertz CT molecular complexity index is 323. The van der Waals surface area contributed by atoms with Gasteiger partial charge in [-0.2, -0.15) is 0 Å². The molecular weight excluding hydrogens is 242 g/mol. The highest BCUT2D eigenvalue weighted by Crippen LogP contribution is 2.22. The first-order valence-corrected chi connectivity index (χ1v) is 7.64. The Morgan fingerprint density at radius 2 is 1.89 bits per heavy atom. The summed E-state index contributed by atoms with van der Waals surface area (Å²) >= 11 is 0. The number of hydrogen-bond acceptors (Lipinski definition) is 4. The highest BCUT2D eigenvalue weighted by atomic mass is 16.5. The van der Waals surface area contributed by atoms with Crippen molar-refractivity contribution in [2.75, 3.05) is 32.8 Å². The Kier molecular flexibility index (Phi) is 4.05. The lowest BCUT2D eigenvalue weighted by Gasteiger charge is -2.34. The Labute approximate surface area is 115 Å². The highest BCUT2D eigenvalue weighted by molar-refractivity contribution is 5.81. The van der Waals surface area contributed by atoms with E-state index in [4.69, 9.17) is 10.5 Å². The zero-order valence-corrected chi connectivity index (χ0v) is 11.6. The summed E-state index contributed by atoms with van der Waals surface area (Å²) in [6.45, 7) is 4.71. The van der Waals surface area contributed by atoms with E-state index in [1.807, 2.05) is 4.90 Å². The molecule has 0 bridgehead atoms. The molecule has 3 fully saturated rings. The van der Waals surface area contributed by atoms with Crippen LogP contribution in [0.15, 0.2) is 0 Å². The van der Waals surface area contributed by atoms with E-state index in [0.29, 0.717) is 12.1 Å². The normalized spacial score (nSPS) is 34.1. The largest absolute Gasteiger partial charge is 0.368 e. The number of likely N-dealkylation sites (tertiary alicyclic amines) is 2. The molecule has 0 aromatic heterocycles. The molecule has 108 valence electrons. The second-order valence-corrected chi connectivity index (χ2v) is 6.10. The molecule has 3 heterocycles. The fraction of sp³-hybridized carbons (Fsp3) is 0.929. The lowest BCUT2D eigenvalue weighted by molar-refractivity contribution is -0.140. The number of amides is 1. The number of ether oxygens (including phenoxy) is 1. The van der Waals surface area contributed by atoms with E-state index in [-0.39, 0.29) is 12.0 Å². The van der Waals surface area contributed by atoms with Crippen molar-refractivity contribution in [3.8, 4) is 0 Å². The van der Waals surface area contributed by atoms with Crippen molar-refractivity contribution in [3.63, 3.8) is 0 Å². The molecule has 0 aromatic carbocycles. The molecule has 0 spiro atoms. The first-order chi connectivity index (χ1) is 9.24. The number of carbonyl (C=O) groups excluding carboxylic acids is 1. The van der Waals surface area contributed by atoms with Crippen LogP contribution in [0.2, 0.25) is 0 Å². The molecule has 3 rings (SSSR count). The average Bonchev–Trinajstić information content (AvgIpc) is 3.10. The molecule has 19 heavy (non-hydrogen) atoms. The molecule has 3 saturated heterocycles. The van der Waals surface area contributed by atoms with Crippen LogP contribution in [0.1, 0.15) is 32.1 Å². The summed E-state index contributed by atoms with van der Waals surface area (Å²) in [6, 6.07) is 0.917. The molecule has 5 heteroatoms. The molecule has 0 aromatic rings. The molecule has 0 saturated carbocycles. The first kappa shape index (κ1) is 13.3. The first-order valence-electron chi connectivity index (χ1n) is 7.64. The van der Waals surface area contributed by atoms with Gasteiger partial charge < -0.3 is 15.4 Å². The third-order valence-electron chi connectivity index (χ3n) is 4.77. The summed E-state index contributed by atoms with van der Waals surface area (Å²) in [7, 11) is 0. The van der Waals surface area contributed by atoms with Crippen molar-refractivity contribution in [2.24, 2.45) is 5.73 Å². The van der Waals surface area contributed by atoms with Crippen LogP contribution in [-0.4, -0.2) is 66.7 Å². The van der Waals surface area contributed by atoms with Crippen molar-refractivity contribution in [1.82, 2.24) is 9.80 Å². The SMILES string of the molecule is NC1CCN(C2CCN(C(=O)[C@H]3CCCO3)C2)CC1. The minimum absolute atomic E-state index is 0.159. The zero-order valence-electron chi connectivity index (χ0n) is 11.6. The summed E-state index contributed by atoms with van der Waals surface area (Å²) in [4.78, 5) is 16.8. The maximum Gasteiger partial charge on any atom is 0.251 e. The summed E-state index contributed by atoms with van der Waals surface area (Å²) in [5.41, 5.74) is 5.95. The van der Waals surface area contributed by atoms with Gasteiger partial charge >= 0.3 is 0 Å². The van der Waals surface area contributed by atoms with Crippen molar-refractivity contribution in [3.05, 3.63) is 0 Å². The fourth-order valence-electron chi connectivity index (χ4n) is 3.50. The molecule has 2 N–H and O–H groups in total. The minimum atomic E-state index is -0.159. The number of nitrogens with two attached hydrogens (primary N) is 1. The molecular formula is C14H25N3O2. The van der Waals surface area contributed by atoms with E-state index < -0.39 is 0 Å². The number of rotatable bonds is 2. The molecule has 0 radical (unpaired) electrons. The summed E-state index contributed by atoms with van der Waals surface area (Å²) in [5.74, 6) is 0.216. The zero-order chi connectivity index (χ0) is 13.2. The smallest absolute Gasteiger partial charge is 0.251 e. The quantitative estimate of drug-likeness (QED) is 0.776. The van der Waals surface area contributed by atoms with Gasteiger partial charge in [0.05, 0.1) is 0 Å². The Morgan fingerprint density at radius 3 is 2.58 bits per heavy atom. The van der Waals surface area contributed by atoms with E-state index in [1.165, 1.54) is 0 Å². The number of hydrogen-bond donors (Lipinski definition) is 1. The van der Waals surface area contributed by atoms with Crippen LogP contribution < -0.4 is 5.73 Å². The highest BCUT2D eigenvalue weighted by Gasteiger charge is 2.35. The maximum atomic E-state index is 12.3. The third kappa shape index (κ3) is 2.93. The summed E-state index contributed by atoms with van der Waals surface area (Å²) < 4.78 is 5.50. The van der Waals surface area contributed by atoms with Crippen LogP contribution in [0.3, 0.4) is 0 Å². The predicted molar refractivity (Wildman–Crippen MR) is 72.7 cm³/mol. The van der Waals surface area contributed by atoms with Crippen molar-refractivity contribution in [2.45, 2.75) is 50.3 Å². The number of nitrogens with zero attached hydrogens (tertiary/aromatic N) is 2. The van der Waals surface area contributed by atoms with Crippen LogP contribution in [0.5, 0.6) is 0 Å². The second kappa shape index (κ2) is 5.77. The van der Waals surface area contributed by atoms with E-state index in [1.54, 1.807) is 0 Å². The Balaban J connectivity index is 1.50. The van der Waals surface area contributed by atoms with E-state index >= 15 is 0 Å². The second-order valence-electron chi connectivity index (χ2n) is 6.10. The van der Waals surface area contributed by atoms with Gasteiger partial charge in [0, 0.05) is 31.8 Å². The van der Waals surface area contributed by atoms with E-state index in [2.05, 4.69) is 4.90 Å². The van der Waals surface area contributed by atoms with Gasteiger partial charge in [-0.25, -0.2) is 0 Å². The van der Waals surface area contributed by atoms with E-state index in [9.17, 15) is 4.79 Å². The molecule has 2 atom stereocenters. The van der Waals surface area contributed by atoms with Crippen molar-refractivity contribution < 1.29 is 9.53 Å². The predicted octanol–water partition coefficient (Wildman–Crippen LogP) is 0.189. The Hall–Kier alpha value is -0.650. The van der Waals surface area contributed by atoms with Crippen LogP contribution in [-0.2, 0) is 9.53 Å².